The monoisotopic (exact) mass is 438 g/mol. The molecule has 1 N–H and O–H groups in total. The molecule has 0 aliphatic heterocycles. The van der Waals surface area contributed by atoms with Crippen LogP contribution in [0.2, 0.25) is 0 Å². The van der Waals surface area contributed by atoms with Crippen molar-refractivity contribution in [2.45, 2.75) is 0 Å². The number of halogens is 1. The Bertz CT molecular complexity index is 1090. The van der Waals surface area contributed by atoms with E-state index in [1.54, 1.807) is 0 Å². The van der Waals surface area contributed by atoms with Crippen LogP contribution < -0.4 is 9.62 Å². The van der Waals surface area contributed by atoms with Crippen molar-refractivity contribution in [1.82, 2.24) is 0 Å². The van der Waals surface area contributed by atoms with Gasteiger partial charge in [-0.05, 0) is 30.3 Å². The highest BCUT2D eigenvalue weighted by Gasteiger charge is 2.25. The zero-order valence-electron chi connectivity index (χ0n) is 16.3. The molecule has 0 unspecified atom stereocenters. The number of nitrogens with one attached hydrogen (secondary N) is 1. The number of nitrogens with zero attached hydrogens (tertiary/aromatic N) is 1. The molecule has 0 saturated heterocycles. The van der Waals surface area contributed by atoms with E-state index in [-0.39, 0.29) is 22.5 Å². The van der Waals surface area contributed by atoms with Crippen LogP contribution >= 0.6 is 0 Å². The summed E-state index contributed by atoms with van der Waals surface area (Å²) in [6, 6.07) is 8.80. The van der Waals surface area contributed by atoms with E-state index in [1.807, 2.05) is 0 Å². The van der Waals surface area contributed by atoms with E-state index < -0.39 is 40.2 Å². The van der Waals surface area contributed by atoms with Crippen molar-refractivity contribution in [3.05, 3.63) is 59.4 Å². The Morgan fingerprint density at radius 2 is 1.67 bits per heavy atom. The predicted octanol–water partition coefficient (Wildman–Crippen LogP) is 1.80. The van der Waals surface area contributed by atoms with Gasteiger partial charge in [-0.1, -0.05) is 12.1 Å². The lowest BCUT2D eigenvalue weighted by atomic mass is 10.1. The molecular formula is C19H19FN2O7S. The molecule has 0 spiro atoms. The molecule has 0 atom stereocenters. The Balaban J connectivity index is 2.38. The zero-order valence-corrected chi connectivity index (χ0v) is 17.2. The second-order valence-electron chi connectivity index (χ2n) is 6.01. The third-order valence-electron chi connectivity index (χ3n) is 3.93. The number of rotatable bonds is 7. The van der Waals surface area contributed by atoms with Crippen LogP contribution in [0.1, 0.15) is 20.7 Å². The molecule has 0 aromatic heterocycles. The number of anilines is 2. The largest absolute Gasteiger partial charge is 0.465 e. The second-order valence-corrected chi connectivity index (χ2v) is 7.92. The van der Waals surface area contributed by atoms with Crippen molar-refractivity contribution in [3.8, 4) is 0 Å². The van der Waals surface area contributed by atoms with Crippen molar-refractivity contribution < 1.29 is 36.7 Å². The maximum Gasteiger partial charge on any atom is 0.339 e. The van der Waals surface area contributed by atoms with Crippen molar-refractivity contribution in [2.75, 3.05) is 36.6 Å². The SMILES string of the molecule is COC(=O)c1ccc(C(=O)OC)c(NC(=O)CN(c2ccccc2F)S(C)(=O)=O)c1. The fraction of sp³-hybridized carbons (Fsp3) is 0.211. The molecule has 160 valence electrons. The predicted molar refractivity (Wildman–Crippen MR) is 106 cm³/mol. The molecule has 2 aromatic carbocycles. The van der Waals surface area contributed by atoms with Crippen LogP contribution in [0.3, 0.4) is 0 Å². The molecule has 30 heavy (non-hydrogen) atoms. The highest BCUT2D eigenvalue weighted by Crippen LogP contribution is 2.23. The van der Waals surface area contributed by atoms with Gasteiger partial charge < -0.3 is 14.8 Å². The zero-order chi connectivity index (χ0) is 22.5. The number of ether oxygens (including phenoxy) is 2. The average Bonchev–Trinajstić information content (AvgIpc) is 2.70. The van der Waals surface area contributed by atoms with Crippen LogP contribution in [0, 0.1) is 5.82 Å². The summed E-state index contributed by atoms with van der Waals surface area (Å²) in [4.78, 5) is 36.3. The molecule has 0 aliphatic rings. The first-order valence-electron chi connectivity index (χ1n) is 8.41. The number of esters is 2. The van der Waals surface area contributed by atoms with Crippen molar-refractivity contribution in [1.29, 1.82) is 0 Å². The van der Waals surface area contributed by atoms with E-state index in [0.717, 1.165) is 26.5 Å². The van der Waals surface area contributed by atoms with E-state index in [9.17, 15) is 27.2 Å². The fourth-order valence-electron chi connectivity index (χ4n) is 2.54. The molecule has 2 rings (SSSR count). The van der Waals surface area contributed by atoms with Crippen LogP contribution in [-0.4, -0.2) is 53.3 Å². The Kier molecular flexibility index (Phi) is 7.11. The van der Waals surface area contributed by atoms with Crippen LogP contribution in [0.4, 0.5) is 15.8 Å². The Morgan fingerprint density at radius 1 is 1.03 bits per heavy atom. The summed E-state index contributed by atoms with van der Waals surface area (Å²) in [5.74, 6) is -3.23. The molecule has 2 aromatic rings. The number of hydrogen-bond donors (Lipinski definition) is 1. The number of carbonyl (C=O) groups is 3. The molecule has 0 radical (unpaired) electrons. The molecule has 0 heterocycles. The molecule has 1 amide bonds. The number of methoxy groups -OCH3 is 2. The van der Waals surface area contributed by atoms with Gasteiger partial charge in [0.15, 0.2) is 0 Å². The van der Waals surface area contributed by atoms with Gasteiger partial charge >= 0.3 is 11.9 Å². The Morgan fingerprint density at radius 3 is 2.23 bits per heavy atom. The standard InChI is InChI=1S/C19H19FN2O7S/c1-28-18(24)12-8-9-13(19(25)29-2)15(10-12)21-17(23)11-22(30(3,26)27)16-7-5-4-6-14(16)20/h4-10H,11H2,1-3H3,(H,21,23). The third-order valence-corrected chi connectivity index (χ3v) is 5.06. The van der Waals surface area contributed by atoms with Gasteiger partial charge in [-0.3, -0.25) is 9.10 Å². The molecule has 9 nitrogen and oxygen atoms in total. The smallest absolute Gasteiger partial charge is 0.339 e. The molecule has 0 bridgehead atoms. The molecule has 0 aliphatic carbocycles. The van der Waals surface area contributed by atoms with E-state index in [1.165, 1.54) is 36.4 Å². The highest BCUT2D eigenvalue weighted by atomic mass is 32.2. The average molecular weight is 438 g/mol. The number of benzene rings is 2. The van der Waals surface area contributed by atoms with E-state index in [4.69, 9.17) is 0 Å². The quantitative estimate of drug-likeness (QED) is 0.655. The highest BCUT2D eigenvalue weighted by molar-refractivity contribution is 7.92. The summed E-state index contributed by atoms with van der Waals surface area (Å²) >= 11 is 0. The molecule has 0 saturated carbocycles. The summed E-state index contributed by atoms with van der Waals surface area (Å²) in [5, 5.41) is 2.36. The topological polar surface area (TPSA) is 119 Å². The number of carbonyl (C=O) groups excluding carboxylic acids is 3. The number of amides is 1. The van der Waals surface area contributed by atoms with Crippen LogP contribution in [0.15, 0.2) is 42.5 Å². The molecule has 0 fully saturated rings. The second kappa shape index (κ2) is 9.35. The van der Waals surface area contributed by atoms with Gasteiger partial charge in [0.25, 0.3) is 0 Å². The van der Waals surface area contributed by atoms with E-state index in [2.05, 4.69) is 14.8 Å². The number of para-hydroxylation sites is 1. The normalized spacial score (nSPS) is 10.8. The van der Waals surface area contributed by atoms with E-state index in [0.29, 0.717) is 4.31 Å². The van der Waals surface area contributed by atoms with Crippen molar-refractivity contribution in [3.63, 3.8) is 0 Å². The van der Waals surface area contributed by atoms with Gasteiger partial charge in [-0.15, -0.1) is 0 Å². The summed E-state index contributed by atoms with van der Waals surface area (Å²) in [6.07, 6.45) is 0.824. The van der Waals surface area contributed by atoms with Gasteiger partial charge in [0.05, 0.1) is 43.0 Å². The molecular weight excluding hydrogens is 419 g/mol. The van der Waals surface area contributed by atoms with Gasteiger partial charge in [0.2, 0.25) is 15.9 Å². The maximum atomic E-state index is 14.1. The van der Waals surface area contributed by atoms with Crippen molar-refractivity contribution in [2.24, 2.45) is 0 Å². The van der Waals surface area contributed by atoms with Gasteiger partial charge in [-0.25, -0.2) is 22.4 Å². The number of sulfonamides is 1. The van der Waals surface area contributed by atoms with Gasteiger partial charge in [-0.2, -0.15) is 0 Å². The van der Waals surface area contributed by atoms with Crippen LogP contribution in [0.5, 0.6) is 0 Å². The van der Waals surface area contributed by atoms with Crippen LogP contribution in [0.25, 0.3) is 0 Å². The summed E-state index contributed by atoms with van der Waals surface area (Å²) < 4.78 is 48.2. The summed E-state index contributed by atoms with van der Waals surface area (Å²) in [7, 11) is -1.73. The van der Waals surface area contributed by atoms with Crippen molar-refractivity contribution >= 4 is 39.2 Å². The Hall–Kier alpha value is -3.47. The minimum atomic E-state index is -4.02. The maximum absolute atomic E-state index is 14.1. The first kappa shape index (κ1) is 22.8. The Labute approximate surface area is 172 Å². The summed E-state index contributed by atoms with van der Waals surface area (Å²) in [5.41, 5.74) is -0.451. The lowest BCUT2D eigenvalue weighted by molar-refractivity contribution is -0.114. The first-order chi connectivity index (χ1) is 14.1. The minimum absolute atomic E-state index is 0.0366. The van der Waals surface area contributed by atoms with Gasteiger partial charge in [0, 0.05) is 0 Å². The third kappa shape index (κ3) is 5.32. The lowest BCUT2D eigenvalue weighted by Crippen LogP contribution is -2.38. The fourth-order valence-corrected chi connectivity index (χ4v) is 3.39. The number of hydrogen-bond acceptors (Lipinski definition) is 7. The molecule has 11 heteroatoms. The van der Waals surface area contributed by atoms with Crippen LogP contribution in [-0.2, 0) is 24.3 Å². The summed E-state index contributed by atoms with van der Waals surface area (Å²) in [6.45, 7) is -0.775. The van der Waals surface area contributed by atoms with Gasteiger partial charge in [0.1, 0.15) is 12.4 Å². The first-order valence-corrected chi connectivity index (χ1v) is 10.3. The van der Waals surface area contributed by atoms with E-state index >= 15 is 0 Å². The minimum Gasteiger partial charge on any atom is -0.465 e. The lowest BCUT2D eigenvalue weighted by Gasteiger charge is -2.22.